The van der Waals surface area contributed by atoms with Gasteiger partial charge in [-0.15, -0.1) is 0 Å². The van der Waals surface area contributed by atoms with Crippen molar-refractivity contribution < 1.29 is 4.79 Å². The SMILES string of the molecule is CCCCN(CCBr)C(=O)C1Cc2ccccc2C1. The van der Waals surface area contributed by atoms with Crippen molar-refractivity contribution in [2.45, 2.75) is 32.6 Å². The first-order chi connectivity index (χ1) is 9.26. The Balaban J connectivity index is 1.99. The van der Waals surface area contributed by atoms with Crippen LogP contribution in [0.2, 0.25) is 0 Å². The molecule has 0 N–H and O–H groups in total. The summed E-state index contributed by atoms with van der Waals surface area (Å²) in [6, 6.07) is 8.45. The molecule has 3 heteroatoms. The Morgan fingerprint density at radius 1 is 1.26 bits per heavy atom. The minimum absolute atomic E-state index is 0.160. The summed E-state index contributed by atoms with van der Waals surface area (Å²) in [5.74, 6) is 0.498. The molecule has 1 aliphatic rings. The van der Waals surface area contributed by atoms with Gasteiger partial charge in [-0.1, -0.05) is 53.5 Å². The van der Waals surface area contributed by atoms with Crippen LogP contribution in [0.15, 0.2) is 24.3 Å². The molecule has 1 aliphatic carbocycles. The molecule has 0 bridgehead atoms. The fourth-order valence-corrected chi connectivity index (χ4v) is 3.20. The number of rotatable bonds is 6. The lowest BCUT2D eigenvalue weighted by atomic mass is 10.0. The molecule has 0 radical (unpaired) electrons. The molecule has 1 aromatic rings. The van der Waals surface area contributed by atoms with Gasteiger partial charge in [-0.05, 0) is 30.4 Å². The molecule has 19 heavy (non-hydrogen) atoms. The first-order valence-electron chi connectivity index (χ1n) is 7.17. The molecule has 0 aliphatic heterocycles. The Bertz CT molecular complexity index is 408. The number of alkyl halides is 1. The Morgan fingerprint density at radius 3 is 2.42 bits per heavy atom. The Labute approximate surface area is 124 Å². The zero-order valence-electron chi connectivity index (χ0n) is 11.6. The van der Waals surface area contributed by atoms with Crippen LogP contribution in [0.25, 0.3) is 0 Å². The van der Waals surface area contributed by atoms with Crippen molar-refractivity contribution in [3.8, 4) is 0 Å². The van der Waals surface area contributed by atoms with E-state index in [2.05, 4.69) is 47.1 Å². The van der Waals surface area contributed by atoms with Crippen molar-refractivity contribution >= 4 is 21.8 Å². The lowest BCUT2D eigenvalue weighted by molar-refractivity contribution is -0.135. The van der Waals surface area contributed by atoms with Crippen molar-refractivity contribution in [2.24, 2.45) is 5.92 Å². The fourth-order valence-electron chi connectivity index (χ4n) is 2.77. The standard InChI is InChI=1S/C16H22BrNO/c1-2-3-9-18(10-8-17)16(19)15-11-13-6-4-5-7-14(13)12-15/h4-7,15H,2-3,8-12H2,1H3. The highest BCUT2D eigenvalue weighted by Gasteiger charge is 2.29. The van der Waals surface area contributed by atoms with E-state index >= 15 is 0 Å². The average molecular weight is 324 g/mol. The number of halogens is 1. The van der Waals surface area contributed by atoms with Gasteiger partial charge in [0, 0.05) is 24.3 Å². The second-order valence-corrected chi connectivity index (χ2v) is 6.03. The molecule has 0 spiro atoms. The molecule has 104 valence electrons. The monoisotopic (exact) mass is 323 g/mol. The van der Waals surface area contributed by atoms with Gasteiger partial charge in [-0.3, -0.25) is 4.79 Å². The van der Waals surface area contributed by atoms with E-state index in [1.54, 1.807) is 0 Å². The summed E-state index contributed by atoms with van der Waals surface area (Å²) in [5, 5.41) is 0.863. The van der Waals surface area contributed by atoms with E-state index in [9.17, 15) is 4.79 Å². The molecule has 0 heterocycles. The number of benzene rings is 1. The molecule has 2 nitrogen and oxygen atoms in total. The number of hydrogen-bond acceptors (Lipinski definition) is 1. The Morgan fingerprint density at radius 2 is 1.89 bits per heavy atom. The maximum Gasteiger partial charge on any atom is 0.226 e. The molecule has 0 fully saturated rings. The third kappa shape index (κ3) is 3.59. The van der Waals surface area contributed by atoms with Crippen LogP contribution in [0.5, 0.6) is 0 Å². The topological polar surface area (TPSA) is 20.3 Å². The van der Waals surface area contributed by atoms with Crippen LogP contribution in [0, 0.1) is 5.92 Å². The molecular weight excluding hydrogens is 302 g/mol. The summed E-state index contributed by atoms with van der Waals surface area (Å²) < 4.78 is 0. The van der Waals surface area contributed by atoms with Crippen molar-refractivity contribution in [1.82, 2.24) is 4.90 Å². The van der Waals surface area contributed by atoms with E-state index in [0.717, 1.165) is 44.1 Å². The van der Waals surface area contributed by atoms with Crippen molar-refractivity contribution in [2.75, 3.05) is 18.4 Å². The first kappa shape index (κ1) is 14.6. The van der Waals surface area contributed by atoms with Crippen LogP contribution < -0.4 is 0 Å². The maximum atomic E-state index is 12.6. The van der Waals surface area contributed by atoms with Crippen LogP contribution in [0.4, 0.5) is 0 Å². The zero-order valence-corrected chi connectivity index (χ0v) is 13.2. The smallest absolute Gasteiger partial charge is 0.226 e. The highest BCUT2D eigenvalue weighted by Crippen LogP contribution is 2.27. The first-order valence-corrected chi connectivity index (χ1v) is 8.30. The zero-order chi connectivity index (χ0) is 13.7. The van der Waals surface area contributed by atoms with Crippen molar-refractivity contribution in [3.05, 3.63) is 35.4 Å². The van der Waals surface area contributed by atoms with Gasteiger partial charge in [-0.25, -0.2) is 0 Å². The van der Waals surface area contributed by atoms with Crippen LogP contribution in [-0.4, -0.2) is 29.2 Å². The largest absolute Gasteiger partial charge is 0.342 e. The summed E-state index contributed by atoms with van der Waals surface area (Å²) in [6.45, 7) is 3.89. The minimum Gasteiger partial charge on any atom is -0.342 e. The average Bonchev–Trinajstić information content (AvgIpc) is 2.86. The van der Waals surface area contributed by atoms with Gasteiger partial charge >= 0.3 is 0 Å². The summed E-state index contributed by atoms with van der Waals surface area (Å²) in [7, 11) is 0. The normalized spacial score (nSPS) is 14.4. The van der Waals surface area contributed by atoms with Crippen molar-refractivity contribution in [3.63, 3.8) is 0 Å². The van der Waals surface area contributed by atoms with E-state index in [-0.39, 0.29) is 5.92 Å². The highest BCUT2D eigenvalue weighted by molar-refractivity contribution is 9.09. The molecule has 0 atom stereocenters. The number of hydrogen-bond donors (Lipinski definition) is 0. The van der Waals surface area contributed by atoms with Gasteiger partial charge in [0.2, 0.25) is 5.91 Å². The molecule has 0 saturated heterocycles. The van der Waals surface area contributed by atoms with Gasteiger partial charge in [0.05, 0.1) is 0 Å². The summed E-state index contributed by atoms with van der Waals surface area (Å²) >= 11 is 3.45. The number of fused-ring (bicyclic) bond motifs is 1. The third-order valence-electron chi connectivity index (χ3n) is 3.85. The van der Waals surface area contributed by atoms with Crippen molar-refractivity contribution in [1.29, 1.82) is 0 Å². The molecule has 0 unspecified atom stereocenters. The highest BCUT2D eigenvalue weighted by atomic mass is 79.9. The van der Waals surface area contributed by atoms with E-state index in [1.165, 1.54) is 11.1 Å². The Kier molecular flexibility index (Phi) is 5.44. The number of carbonyl (C=O) groups is 1. The summed E-state index contributed by atoms with van der Waals surface area (Å²) in [4.78, 5) is 14.7. The molecule has 2 rings (SSSR count). The molecule has 0 aromatic heterocycles. The molecule has 1 amide bonds. The predicted octanol–water partition coefficient (Wildman–Crippen LogP) is 3.43. The van der Waals surface area contributed by atoms with Crippen LogP contribution >= 0.6 is 15.9 Å². The van der Waals surface area contributed by atoms with Gasteiger partial charge in [-0.2, -0.15) is 0 Å². The minimum atomic E-state index is 0.160. The van der Waals surface area contributed by atoms with E-state index in [1.807, 2.05) is 4.90 Å². The summed E-state index contributed by atoms with van der Waals surface area (Å²) in [5.41, 5.74) is 2.71. The summed E-state index contributed by atoms with van der Waals surface area (Å²) in [6.07, 6.45) is 4.06. The molecular formula is C16H22BrNO. The van der Waals surface area contributed by atoms with Gasteiger partial charge in [0.15, 0.2) is 0 Å². The van der Waals surface area contributed by atoms with Crippen LogP contribution in [0.3, 0.4) is 0 Å². The lowest BCUT2D eigenvalue weighted by Crippen LogP contribution is -2.38. The quantitative estimate of drug-likeness (QED) is 0.734. The number of amides is 1. The van der Waals surface area contributed by atoms with Gasteiger partial charge in [0.25, 0.3) is 0 Å². The van der Waals surface area contributed by atoms with E-state index in [0.29, 0.717) is 5.91 Å². The Hall–Kier alpha value is -0.830. The van der Waals surface area contributed by atoms with Gasteiger partial charge in [0.1, 0.15) is 0 Å². The van der Waals surface area contributed by atoms with Gasteiger partial charge < -0.3 is 4.90 Å². The second kappa shape index (κ2) is 7.09. The maximum absolute atomic E-state index is 12.6. The molecule has 1 aromatic carbocycles. The number of carbonyl (C=O) groups excluding carboxylic acids is 1. The molecule has 0 saturated carbocycles. The van der Waals surface area contributed by atoms with Crippen LogP contribution in [0.1, 0.15) is 30.9 Å². The van der Waals surface area contributed by atoms with Crippen LogP contribution in [-0.2, 0) is 17.6 Å². The van der Waals surface area contributed by atoms with E-state index in [4.69, 9.17) is 0 Å². The second-order valence-electron chi connectivity index (χ2n) is 5.24. The van der Waals surface area contributed by atoms with E-state index < -0.39 is 0 Å². The number of nitrogens with zero attached hydrogens (tertiary/aromatic N) is 1. The predicted molar refractivity (Wildman–Crippen MR) is 82.6 cm³/mol. The fraction of sp³-hybridized carbons (Fsp3) is 0.562. The third-order valence-corrected chi connectivity index (χ3v) is 4.20. The number of unbranched alkanes of at least 4 members (excludes halogenated alkanes) is 1. The lowest BCUT2D eigenvalue weighted by Gasteiger charge is -2.24.